The monoisotopic (exact) mass is 396 g/mol. The standard InChI is InChI=1S/C18H15ClF2N2O4/c19-12-6-11(7-14(21)8-12)10-22-17(25)27-18(26)4-5-23(16(18)24)15-3-1-2-13(20)9-15/h1-3,6-9,26H,4-5,10H2,(H,22,25)/t18-/m0/s1. The number of alkyl carbamates (subject to hydrolysis) is 1. The molecule has 0 aromatic heterocycles. The van der Waals surface area contributed by atoms with Gasteiger partial charge in [-0.1, -0.05) is 17.7 Å². The van der Waals surface area contributed by atoms with Crippen LogP contribution in [0.5, 0.6) is 0 Å². The third-order valence-electron chi connectivity index (χ3n) is 3.99. The second kappa shape index (κ2) is 7.50. The lowest BCUT2D eigenvalue weighted by molar-refractivity contribution is -0.175. The predicted molar refractivity (Wildman–Crippen MR) is 93.1 cm³/mol. The molecule has 142 valence electrons. The fraction of sp³-hybridized carbons (Fsp3) is 0.222. The zero-order valence-electron chi connectivity index (χ0n) is 13.9. The molecule has 6 nitrogen and oxygen atoms in total. The lowest BCUT2D eigenvalue weighted by Crippen LogP contribution is -2.46. The Bertz CT molecular complexity index is 875. The molecular formula is C18H15ClF2N2O4. The molecule has 9 heteroatoms. The molecule has 3 rings (SSSR count). The zero-order chi connectivity index (χ0) is 19.6. The van der Waals surface area contributed by atoms with Crippen LogP contribution >= 0.6 is 11.6 Å². The number of nitrogens with zero attached hydrogens (tertiary/aromatic N) is 1. The highest BCUT2D eigenvalue weighted by Gasteiger charge is 2.49. The molecule has 0 unspecified atom stereocenters. The summed E-state index contributed by atoms with van der Waals surface area (Å²) < 4.78 is 31.5. The molecule has 2 amide bonds. The Morgan fingerprint density at radius 3 is 2.74 bits per heavy atom. The topological polar surface area (TPSA) is 78.9 Å². The van der Waals surface area contributed by atoms with Gasteiger partial charge in [0.25, 0.3) is 11.7 Å². The average Bonchev–Trinajstić information content (AvgIpc) is 2.87. The molecule has 2 N–H and O–H groups in total. The summed E-state index contributed by atoms with van der Waals surface area (Å²) in [6.45, 7) is -0.0697. The molecule has 27 heavy (non-hydrogen) atoms. The van der Waals surface area contributed by atoms with Crippen LogP contribution in [0.15, 0.2) is 42.5 Å². The van der Waals surface area contributed by atoms with Crippen LogP contribution in [0.4, 0.5) is 19.3 Å². The highest BCUT2D eigenvalue weighted by atomic mass is 35.5. The van der Waals surface area contributed by atoms with E-state index in [0.29, 0.717) is 5.56 Å². The summed E-state index contributed by atoms with van der Waals surface area (Å²) in [4.78, 5) is 25.5. The first kappa shape index (κ1) is 19.1. The molecular weight excluding hydrogens is 382 g/mol. The van der Waals surface area contributed by atoms with Crippen LogP contribution in [0.1, 0.15) is 12.0 Å². The molecule has 1 aliphatic rings. The number of hydrogen-bond donors (Lipinski definition) is 2. The lowest BCUT2D eigenvalue weighted by Gasteiger charge is -2.22. The maximum Gasteiger partial charge on any atom is 0.410 e. The fourth-order valence-corrected chi connectivity index (χ4v) is 2.99. The first-order valence-corrected chi connectivity index (χ1v) is 8.36. The van der Waals surface area contributed by atoms with Crippen molar-refractivity contribution in [1.29, 1.82) is 0 Å². The van der Waals surface area contributed by atoms with Crippen molar-refractivity contribution in [3.05, 3.63) is 64.7 Å². The number of nitrogens with one attached hydrogen (secondary N) is 1. The minimum absolute atomic E-state index is 0.0472. The van der Waals surface area contributed by atoms with Gasteiger partial charge in [-0.3, -0.25) is 4.79 Å². The number of ether oxygens (including phenoxy) is 1. The van der Waals surface area contributed by atoms with Crippen LogP contribution in [-0.4, -0.2) is 29.4 Å². The van der Waals surface area contributed by atoms with E-state index in [0.717, 1.165) is 17.0 Å². The second-order valence-corrected chi connectivity index (χ2v) is 6.43. The van der Waals surface area contributed by atoms with Crippen molar-refractivity contribution in [3.8, 4) is 0 Å². The van der Waals surface area contributed by atoms with Crippen molar-refractivity contribution in [3.63, 3.8) is 0 Å². The predicted octanol–water partition coefficient (Wildman–Crippen LogP) is 2.97. The van der Waals surface area contributed by atoms with E-state index in [-0.39, 0.29) is 30.2 Å². The number of hydrogen-bond acceptors (Lipinski definition) is 4. The minimum Gasteiger partial charge on any atom is -0.407 e. The van der Waals surface area contributed by atoms with Gasteiger partial charge in [0.05, 0.1) is 0 Å². The summed E-state index contributed by atoms with van der Waals surface area (Å²) in [5.41, 5.74) is 0.623. The minimum atomic E-state index is -2.37. The molecule has 1 aliphatic heterocycles. The normalized spacial score (nSPS) is 19.3. The molecule has 0 spiro atoms. The van der Waals surface area contributed by atoms with Gasteiger partial charge in [0.2, 0.25) is 0 Å². The van der Waals surface area contributed by atoms with Crippen LogP contribution in [0, 0.1) is 11.6 Å². The van der Waals surface area contributed by atoms with E-state index in [1.165, 1.54) is 30.3 Å². The Morgan fingerprint density at radius 1 is 1.26 bits per heavy atom. The van der Waals surface area contributed by atoms with Crippen LogP contribution in [-0.2, 0) is 16.1 Å². The average molecular weight is 397 g/mol. The van der Waals surface area contributed by atoms with Crippen LogP contribution in [0.25, 0.3) is 0 Å². The van der Waals surface area contributed by atoms with E-state index in [2.05, 4.69) is 5.32 Å². The van der Waals surface area contributed by atoms with E-state index in [4.69, 9.17) is 16.3 Å². The van der Waals surface area contributed by atoms with Gasteiger partial charge in [-0.25, -0.2) is 13.6 Å². The van der Waals surface area contributed by atoms with E-state index in [9.17, 15) is 23.5 Å². The van der Waals surface area contributed by atoms with Gasteiger partial charge in [-0.2, -0.15) is 0 Å². The summed E-state index contributed by atoms with van der Waals surface area (Å²) in [6.07, 6.45) is -1.24. The van der Waals surface area contributed by atoms with Crippen molar-refractivity contribution >= 4 is 29.3 Å². The zero-order valence-corrected chi connectivity index (χ0v) is 14.7. The van der Waals surface area contributed by atoms with Gasteiger partial charge in [0, 0.05) is 30.2 Å². The molecule has 1 atom stereocenters. The quantitative estimate of drug-likeness (QED) is 0.779. The number of benzene rings is 2. The Balaban J connectivity index is 1.62. The number of carbonyl (C=O) groups excluding carboxylic acids is 2. The van der Waals surface area contributed by atoms with Crippen LogP contribution in [0.2, 0.25) is 5.02 Å². The van der Waals surface area contributed by atoms with E-state index >= 15 is 0 Å². The molecule has 0 aliphatic carbocycles. The maximum absolute atomic E-state index is 13.3. The van der Waals surface area contributed by atoms with Gasteiger partial charge < -0.3 is 20.1 Å². The summed E-state index contributed by atoms with van der Waals surface area (Å²) in [5.74, 6) is -4.35. The highest BCUT2D eigenvalue weighted by Crippen LogP contribution is 2.29. The molecule has 2 aromatic carbocycles. The third-order valence-corrected chi connectivity index (χ3v) is 4.21. The molecule has 0 bridgehead atoms. The van der Waals surface area contributed by atoms with Gasteiger partial charge in [0.15, 0.2) is 0 Å². The number of amides is 2. The second-order valence-electron chi connectivity index (χ2n) is 5.99. The molecule has 0 radical (unpaired) electrons. The molecule has 2 aromatic rings. The van der Waals surface area contributed by atoms with Crippen molar-refractivity contribution < 1.29 is 28.2 Å². The summed E-state index contributed by atoms with van der Waals surface area (Å²) >= 11 is 5.73. The Morgan fingerprint density at radius 2 is 2.04 bits per heavy atom. The number of halogens is 3. The van der Waals surface area contributed by atoms with Gasteiger partial charge in [-0.05, 0) is 42.0 Å². The molecule has 0 saturated carbocycles. The van der Waals surface area contributed by atoms with Gasteiger partial charge >= 0.3 is 6.09 Å². The molecule has 1 heterocycles. The van der Waals surface area contributed by atoms with Gasteiger partial charge in [-0.15, -0.1) is 0 Å². The van der Waals surface area contributed by atoms with Gasteiger partial charge in [0.1, 0.15) is 11.6 Å². The molecule has 1 saturated heterocycles. The summed E-state index contributed by atoms with van der Waals surface area (Å²) in [5, 5.41) is 12.8. The highest BCUT2D eigenvalue weighted by molar-refractivity contribution is 6.30. The van der Waals surface area contributed by atoms with E-state index in [1.54, 1.807) is 0 Å². The Labute approximate surface area is 158 Å². The number of aliphatic hydroxyl groups is 1. The first-order valence-electron chi connectivity index (χ1n) is 7.98. The largest absolute Gasteiger partial charge is 0.410 e. The fourth-order valence-electron chi connectivity index (χ4n) is 2.74. The Hall–Kier alpha value is -2.71. The SMILES string of the molecule is O=C(NCc1cc(F)cc(Cl)c1)O[C@@]1(O)CCN(c2cccc(F)c2)C1=O. The smallest absolute Gasteiger partial charge is 0.407 e. The first-order chi connectivity index (χ1) is 12.8. The Kier molecular flexibility index (Phi) is 5.29. The number of carbonyl (C=O) groups is 2. The van der Waals surface area contributed by atoms with Crippen molar-refractivity contribution in [2.45, 2.75) is 18.8 Å². The number of rotatable bonds is 4. The van der Waals surface area contributed by atoms with Crippen molar-refractivity contribution in [2.75, 3.05) is 11.4 Å². The van der Waals surface area contributed by atoms with E-state index in [1.807, 2.05) is 0 Å². The van der Waals surface area contributed by atoms with Crippen molar-refractivity contribution in [1.82, 2.24) is 5.32 Å². The maximum atomic E-state index is 13.3. The number of anilines is 1. The third kappa shape index (κ3) is 4.35. The molecule has 1 fully saturated rings. The van der Waals surface area contributed by atoms with Crippen molar-refractivity contribution in [2.24, 2.45) is 0 Å². The summed E-state index contributed by atoms with van der Waals surface area (Å²) in [6, 6.07) is 9.02. The van der Waals surface area contributed by atoms with Crippen LogP contribution < -0.4 is 10.2 Å². The van der Waals surface area contributed by atoms with E-state index < -0.39 is 29.4 Å². The summed E-state index contributed by atoms with van der Waals surface area (Å²) in [7, 11) is 0. The lowest BCUT2D eigenvalue weighted by atomic mass is 10.2. The van der Waals surface area contributed by atoms with Crippen LogP contribution in [0.3, 0.4) is 0 Å².